The Labute approximate surface area is 100 Å². The van der Waals surface area contributed by atoms with Gasteiger partial charge in [0.25, 0.3) is 0 Å². The van der Waals surface area contributed by atoms with E-state index in [4.69, 9.17) is 16.3 Å². The van der Waals surface area contributed by atoms with Crippen LogP contribution in [-0.2, 0) is 0 Å². The van der Waals surface area contributed by atoms with Crippen LogP contribution in [0.1, 0.15) is 32.1 Å². The van der Waals surface area contributed by atoms with E-state index in [0.29, 0.717) is 17.1 Å². The molecule has 0 unspecified atom stereocenters. The maximum atomic E-state index is 6.03. The molecule has 0 spiro atoms. The highest BCUT2D eigenvalue weighted by Gasteiger charge is 2.17. The number of anilines is 1. The minimum atomic E-state index is 0.428. The fraction of sp³-hybridized carbons (Fsp3) is 0.636. The third kappa shape index (κ3) is 2.55. The van der Waals surface area contributed by atoms with Gasteiger partial charge in [-0.3, -0.25) is 0 Å². The number of aromatic nitrogens is 2. The van der Waals surface area contributed by atoms with Crippen LogP contribution in [0.3, 0.4) is 0 Å². The van der Waals surface area contributed by atoms with E-state index in [2.05, 4.69) is 15.3 Å². The topological polar surface area (TPSA) is 47.0 Å². The quantitative estimate of drug-likeness (QED) is 0.827. The monoisotopic (exact) mass is 241 g/mol. The van der Waals surface area contributed by atoms with Gasteiger partial charge in [-0.2, -0.15) is 4.98 Å². The lowest BCUT2D eigenvalue weighted by molar-refractivity contribution is 0.396. The van der Waals surface area contributed by atoms with E-state index in [1.807, 2.05) is 0 Å². The van der Waals surface area contributed by atoms with Gasteiger partial charge in [0.2, 0.25) is 5.88 Å². The average molecular weight is 242 g/mol. The summed E-state index contributed by atoms with van der Waals surface area (Å²) in [6, 6.07) is 0.464. The first kappa shape index (κ1) is 11.5. The number of hydrogen-bond donors (Lipinski definition) is 1. The zero-order valence-corrected chi connectivity index (χ0v) is 10.1. The van der Waals surface area contributed by atoms with Crippen molar-refractivity contribution in [2.45, 2.75) is 38.1 Å². The molecular weight excluding hydrogens is 226 g/mol. The maximum Gasteiger partial charge on any atom is 0.241 e. The zero-order chi connectivity index (χ0) is 11.4. The lowest BCUT2D eigenvalue weighted by Crippen LogP contribution is -2.23. The van der Waals surface area contributed by atoms with E-state index in [1.165, 1.54) is 38.4 Å². The second kappa shape index (κ2) is 5.34. The Bertz CT molecular complexity index is 353. The summed E-state index contributed by atoms with van der Waals surface area (Å²) < 4.78 is 5.17. The Balaban J connectivity index is 2.12. The molecule has 1 aliphatic rings. The highest BCUT2D eigenvalue weighted by molar-refractivity contribution is 6.32. The molecule has 0 atom stereocenters. The standard InChI is InChI=1S/C11H16ClN3O/c1-16-11-9(10(12)13-7-14-11)15-8-5-3-2-4-6-8/h7-8,15H,2-6H2,1H3. The lowest BCUT2D eigenvalue weighted by atomic mass is 9.95. The summed E-state index contributed by atoms with van der Waals surface area (Å²) >= 11 is 6.03. The minimum absolute atomic E-state index is 0.428. The molecule has 0 radical (unpaired) electrons. The highest BCUT2D eigenvalue weighted by atomic mass is 35.5. The molecule has 0 saturated heterocycles. The van der Waals surface area contributed by atoms with Crippen LogP contribution in [0.2, 0.25) is 5.15 Å². The minimum Gasteiger partial charge on any atom is -0.479 e. The van der Waals surface area contributed by atoms with E-state index in [0.717, 1.165) is 5.69 Å². The fourth-order valence-corrected chi connectivity index (χ4v) is 2.26. The second-order valence-corrected chi connectivity index (χ2v) is 4.39. The third-order valence-corrected chi connectivity index (χ3v) is 3.20. The van der Waals surface area contributed by atoms with Crippen LogP contribution in [0, 0.1) is 0 Å². The number of nitrogens with one attached hydrogen (secondary N) is 1. The van der Waals surface area contributed by atoms with Crippen molar-refractivity contribution in [3.05, 3.63) is 11.5 Å². The number of nitrogens with zero attached hydrogens (tertiary/aromatic N) is 2. The average Bonchev–Trinajstić information content (AvgIpc) is 2.33. The van der Waals surface area contributed by atoms with Gasteiger partial charge in [-0.1, -0.05) is 30.9 Å². The Morgan fingerprint density at radius 3 is 2.75 bits per heavy atom. The number of methoxy groups -OCH3 is 1. The third-order valence-electron chi connectivity index (χ3n) is 2.91. The van der Waals surface area contributed by atoms with Crippen molar-refractivity contribution in [1.82, 2.24) is 9.97 Å². The van der Waals surface area contributed by atoms with E-state index in [-0.39, 0.29) is 0 Å². The van der Waals surface area contributed by atoms with Gasteiger partial charge in [-0.25, -0.2) is 4.98 Å². The Kier molecular flexibility index (Phi) is 3.83. The molecule has 1 heterocycles. The summed E-state index contributed by atoms with van der Waals surface area (Å²) in [4.78, 5) is 8.01. The van der Waals surface area contributed by atoms with Crippen molar-refractivity contribution in [1.29, 1.82) is 0 Å². The van der Waals surface area contributed by atoms with E-state index in [1.54, 1.807) is 7.11 Å². The first-order chi connectivity index (χ1) is 7.81. The molecule has 2 rings (SSSR count). The van der Waals surface area contributed by atoms with Gasteiger partial charge < -0.3 is 10.1 Å². The summed E-state index contributed by atoms with van der Waals surface area (Å²) in [5.74, 6) is 0.519. The summed E-state index contributed by atoms with van der Waals surface area (Å²) in [6.45, 7) is 0. The van der Waals surface area contributed by atoms with Gasteiger partial charge in [0.1, 0.15) is 12.0 Å². The van der Waals surface area contributed by atoms with E-state index < -0.39 is 0 Å². The van der Waals surface area contributed by atoms with Crippen LogP contribution in [-0.4, -0.2) is 23.1 Å². The first-order valence-corrected chi connectivity index (χ1v) is 6.00. The smallest absolute Gasteiger partial charge is 0.241 e. The van der Waals surface area contributed by atoms with Gasteiger partial charge in [0, 0.05) is 6.04 Å². The van der Waals surface area contributed by atoms with Crippen LogP contribution in [0.4, 0.5) is 5.69 Å². The summed E-state index contributed by atoms with van der Waals surface area (Å²) in [7, 11) is 1.59. The number of ether oxygens (including phenoxy) is 1. The molecule has 1 aliphatic carbocycles. The van der Waals surface area contributed by atoms with Gasteiger partial charge in [0.15, 0.2) is 5.15 Å². The summed E-state index contributed by atoms with van der Waals surface area (Å²) in [6.07, 6.45) is 7.63. The van der Waals surface area contributed by atoms with Crippen molar-refractivity contribution in [3.8, 4) is 5.88 Å². The number of halogens is 1. The number of rotatable bonds is 3. The molecular formula is C11H16ClN3O. The van der Waals surface area contributed by atoms with Crippen molar-refractivity contribution in [2.75, 3.05) is 12.4 Å². The number of hydrogen-bond acceptors (Lipinski definition) is 4. The van der Waals surface area contributed by atoms with Gasteiger partial charge in [-0.05, 0) is 12.8 Å². The molecule has 1 aromatic heterocycles. The van der Waals surface area contributed by atoms with E-state index in [9.17, 15) is 0 Å². The largest absolute Gasteiger partial charge is 0.479 e. The van der Waals surface area contributed by atoms with Crippen LogP contribution in [0.25, 0.3) is 0 Å². The Morgan fingerprint density at radius 2 is 2.06 bits per heavy atom. The molecule has 0 aliphatic heterocycles. The molecule has 88 valence electrons. The second-order valence-electron chi connectivity index (χ2n) is 4.03. The van der Waals surface area contributed by atoms with Crippen LogP contribution in [0.5, 0.6) is 5.88 Å². The maximum absolute atomic E-state index is 6.03. The predicted molar refractivity (Wildman–Crippen MR) is 64.1 cm³/mol. The van der Waals surface area contributed by atoms with Gasteiger partial charge >= 0.3 is 0 Å². The molecule has 0 aromatic carbocycles. The SMILES string of the molecule is COc1ncnc(Cl)c1NC1CCCCC1. The fourth-order valence-electron chi connectivity index (χ4n) is 2.08. The molecule has 0 bridgehead atoms. The summed E-state index contributed by atoms with van der Waals surface area (Å²) in [5, 5.41) is 3.81. The van der Waals surface area contributed by atoms with Crippen molar-refractivity contribution in [3.63, 3.8) is 0 Å². The van der Waals surface area contributed by atoms with Crippen molar-refractivity contribution in [2.24, 2.45) is 0 Å². The molecule has 1 N–H and O–H groups in total. The zero-order valence-electron chi connectivity index (χ0n) is 9.37. The Hall–Kier alpha value is -1.03. The molecule has 5 heteroatoms. The van der Waals surface area contributed by atoms with Crippen molar-refractivity contribution < 1.29 is 4.74 Å². The molecule has 0 amide bonds. The highest BCUT2D eigenvalue weighted by Crippen LogP contribution is 2.31. The lowest BCUT2D eigenvalue weighted by Gasteiger charge is -2.24. The molecule has 1 fully saturated rings. The molecule has 1 aromatic rings. The predicted octanol–water partition coefficient (Wildman–Crippen LogP) is 2.88. The Morgan fingerprint density at radius 1 is 1.31 bits per heavy atom. The van der Waals surface area contributed by atoms with Crippen LogP contribution >= 0.6 is 11.6 Å². The molecule has 16 heavy (non-hydrogen) atoms. The molecule has 4 nitrogen and oxygen atoms in total. The molecule has 1 saturated carbocycles. The van der Waals surface area contributed by atoms with Crippen LogP contribution < -0.4 is 10.1 Å². The van der Waals surface area contributed by atoms with E-state index >= 15 is 0 Å². The summed E-state index contributed by atoms with van der Waals surface area (Å²) in [5.41, 5.74) is 0.721. The normalized spacial score (nSPS) is 17.1. The van der Waals surface area contributed by atoms with Crippen molar-refractivity contribution >= 4 is 17.3 Å². The van der Waals surface area contributed by atoms with Gasteiger partial charge in [-0.15, -0.1) is 0 Å². The van der Waals surface area contributed by atoms with Crippen LogP contribution in [0.15, 0.2) is 6.33 Å². The van der Waals surface area contributed by atoms with Gasteiger partial charge in [0.05, 0.1) is 7.11 Å². The first-order valence-electron chi connectivity index (χ1n) is 5.62.